The quantitative estimate of drug-likeness (QED) is 0.0989. The van der Waals surface area contributed by atoms with Gasteiger partial charge in [-0.15, -0.1) is 0 Å². The van der Waals surface area contributed by atoms with Gasteiger partial charge in [0, 0.05) is 66.3 Å². The third-order valence-corrected chi connectivity index (χ3v) is 26.8. The maximum Gasteiger partial charge on any atom is 0.164 e. The van der Waals surface area contributed by atoms with Gasteiger partial charge in [0.25, 0.3) is 0 Å². The normalized spacial score (nSPS) is 12.8. The Kier molecular flexibility index (Phi) is 21.9. The van der Waals surface area contributed by atoms with Crippen molar-refractivity contribution >= 4 is 0 Å². The molecule has 21 aromatic rings. The predicted octanol–water partition coefficient (Wildman–Crippen LogP) is 31.5. The van der Waals surface area contributed by atoms with Crippen LogP contribution in [0.15, 0.2) is 455 Å². The van der Waals surface area contributed by atoms with E-state index in [-0.39, 0.29) is 16.2 Å². The number of benzene rings is 18. The van der Waals surface area contributed by atoms with Crippen molar-refractivity contribution in [2.45, 2.75) is 57.8 Å². The molecule has 3 aliphatic rings. The Morgan fingerprint density at radius 3 is 0.570 bits per heavy atom. The van der Waals surface area contributed by atoms with Crippen LogP contribution >= 0.6 is 0 Å². The van der Waals surface area contributed by atoms with Crippen molar-refractivity contribution in [3.8, 4) is 203 Å². The van der Waals surface area contributed by atoms with Crippen LogP contribution < -0.4 is 0 Å². The van der Waals surface area contributed by atoms with E-state index in [1.54, 1.807) is 0 Å². The first-order valence-electron chi connectivity index (χ1n) is 46.1. The van der Waals surface area contributed by atoms with Crippen molar-refractivity contribution in [3.63, 3.8) is 0 Å². The molecule has 0 saturated carbocycles. The lowest BCUT2D eigenvalue weighted by Gasteiger charge is -2.22. The molecule has 0 aliphatic heterocycles. The molecule has 9 heteroatoms. The van der Waals surface area contributed by atoms with Crippen LogP contribution in [0.5, 0.6) is 0 Å². The highest BCUT2D eigenvalue weighted by Crippen LogP contribution is 2.53. The molecule has 135 heavy (non-hydrogen) atoms. The van der Waals surface area contributed by atoms with Crippen molar-refractivity contribution < 1.29 is 0 Å². The topological polar surface area (TPSA) is 116 Å². The average molecular weight is 1730 g/mol. The van der Waals surface area contributed by atoms with Gasteiger partial charge in [-0.05, 0) is 176 Å². The van der Waals surface area contributed by atoms with E-state index in [0.29, 0.717) is 52.4 Å². The first-order chi connectivity index (χ1) is 66.1. The van der Waals surface area contributed by atoms with Gasteiger partial charge in [-0.3, -0.25) is 0 Å². The Morgan fingerprint density at radius 2 is 0.281 bits per heavy atom. The van der Waals surface area contributed by atoms with Crippen LogP contribution in [0.3, 0.4) is 0 Å². The predicted molar refractivity (Wildman–Crippen MR) is 554 cm³/mol. The Bertz CT molecular complexity index is 7850. The molecule has 3 aromatic heterocycles. The molecule has 0 fully saturated rings. The van der Waals surface area contributed by atoms with Crippen molar-refractivity contribution in [2.24, 2.45) is 0 Å². The van der Waals surface area contributed by atoms with E-state index >= 15 is 0 Å². The van der Waals surface area contributed by atoms with Crippen LogP contribution in [0.25, 0.3) is 203 Å². The van der Waals surface area contributed by atoms with E-state index in [1.165, 1.54) is 100 Å². The monoisotopic (exact) mass is 1730 g/mol. The molecule has 9 nitrogen and oxygen atoms in total. The van der Waals surface area contributed by atoms with Gasteiger partial charge >= 0.3 is 0 Å². The fourth-order valence-electron chi connectivity index (χ4n) is 19.6. The minimum absolute atomic E-state index is 0.00251. The van der Waals surface area contributed by atoms with Crippen molar-refractivity contribution in [3.05, 3.63) is 488 Å². The summed E-state index contributed by atoms with van der Waals surface area (Å²) in [7, 11) is 0. The van der Waals surface area contributed by atoms with Gasteiger partial charge in [0.2, 0.25) is 0 Å². The number of nitrogens with zero attached hydrogens (tertiary/aromatic N) is 9. The van der Waals surface area contributed by atoms with E-state index in [2.05, 4.69) is 315 Å². The number of hydrogen-bond acceptors (Lipinski definition) is 9. The summed E-state index contributed by atoms with van der Waals surface area (Å²) in [6, 6.07) is 160. The summed E-state index contributed by atoms with van der Waals surface area (Å²) in [6.07, 6.45) is 0. The highest BCUT2D eigenvalue weighted by Gasteiger charge is 2.38. The first kappa shape index (κ1) is 83.6. The molecule has 18 aromatic carbocycles. The van der Waals surface area contributed by atoms with Gasteiger partial charge in [-0.2, -0.15) is 0 Å². The minimum atomic E-state index is -0.0158. The van der Waals surface area contributed by atoms with E-state index in [1.807, 2.05) is 182 Å². The zero-order valence-corrected chi connectivity index (χ0v) is 75.8. The van der Waals surface area contributed by atoms with E-state index in [9.17, 15) is 0 Å². The average Bonchev–Trinajstić information content (AvgIpc) is 1.59. The molecule has 0 radical (unpaired) electrons. The van der Waals surface area contributed by atoms with Crippen LogP contribution in [0.1, 0.15) is 74.9 Å². The Balaban J connectivity index is 0.000000118. The molecule has 0 saturated heterocycles. The highest BCUT2D eigenvalue weighted by atomic mass is 15.1. The fourth-order valence-corrected chi connectivity index (χ4v) is 19.6. The molecule has 0 unspecified atom stereocenters. The maximum absolute atomic E-state index is 4.94. The Morgan fingerprint density at radius 1 is 0.111 bits per heavy atom. The number of aromatic nitrogens is 9. The van der Waals surface area contributed by atoms with E-state index in [4.69, 9.17) is 44.9 Å². The Labute approximate surface area is 788 Å². The summed E-state index contributed by atoms with van der Waals surface area (Å²) < 4.78 is 0. The van der Waals surface area contributed by atoms with Crippen molar-refractivity contribution in [1.82, 2.24) is 44.9 Å². The van der Waals surface area contributed by atoms with Crippen LogP contribution in [-0.2, 0) is 16.2 Å². The van der Waals surface area contributed by atoms with Gasteiger partial charge in [0.05, 0.1) is 0 Å². The molecule has 0 atom stereocenters. The van der Waals surface area contributed by atoms with Gasteiger partial charge < -0.3 is 0 Å². The fraction of sp³-hybridized carbons (Fsp3) is 0.0714. The Hall–Kier alpha value is -17.0. The van der Waals surface area contributed by atoms with Gasteiger partial charge in [-0.1, -0.05) is 454 Å². The third kappa shape index (κ3) is 16.4. The van der Waals surface area contributed by atoms with Crippen LogP contribution in [0, 0.1) is 0 Å². The molecular formula is C126H93N9. The summed E-state index contributed by atoms with van der Waals surface area (Å²) in [4.78, 5) is 44.1. The number of hydrogen-bond donors (Lipinski definition) is 0. The number of fused-ring (bicyclic) bond motifs is 9. The second-order valence-corrected chi connectivity index (χ2v) is 36.4. The zero-order chi connectivity index (χ0) is 91.1. The van der Waals surface area contributed by atoms with Gasteiger partial charge in [-0.25, -0.2) is 44.9 Å². The molecule has 3 heterocycles. The zero-order valence-electron chi connectivity index (χ0n) is 75.8. The molecule has 0 amide bonds. The summed E-state index contributed by atoms with van der Waals surface area (Å²) in [5, 5.41) is 0. The third-order valence-electron chi connectivity index (χ3n) is 26.8. The minimum Gasteiger partial charge on any atom is -0.208 e. The smallest absolute Gasteiger partial charge is 0.164 e. The second kappa shape index (κ2) is 35.4. The lowest BCUT2D eigenvalue weighted by molar-refractivity contribution is 0.660. The molecule has 0 spiro atoms. The summed E-state index contributed by atoms with van der Waals surface area (Å²) >= 11 is 0. The molecule has 0 N–H and O–H groups in total. The second-order valence-electron chi connectivity index (χ2n) is 36.4. The van der Waals surface area contributed by atoms with E-state index < -0.39 is 0 Å². The molecule has 24 rings (SSSR count). The summed E-state index contributed by atoms with van der Waals surface area (Å²) in [5.74, 6) is 5.93. The molecule has 0 bridgehead atoms. The molecule has 642 valence electrons. The molecule has 3 aliphatic carbocycles. The molecular weight excluding hydrogens is 1640 g/mol. The van der Waals surface area contributed by atoms with E-state index in [0.717, 1.165) is 83.5 Å². The summed E-state index contributed by atoms with van der Waals surface area (Å²) in [6.45, 7) is 13.9. The SMILES string of the molecule is CC1(C)c2ccccc2-c2cc(-c3ccc(-c4cccc(-c5nc(-c6ccccc6)nc(-c6ccccc6)n5)c4)cc3)ccc21.CC1(C)c2ccccc2-c2cc(-c3cccc(-c4cccc(-c5nc(-c6ccccc6)nc(-c6ccccc6)n5)c4)c3)ccc21.CC1(C)c2ccccc2-c2ccc(-c3ccc(-c4cccc(-c5nc(-c6ccccc6)nc(-c6ccccc6)n5)c4)cc3)cc21. The van der Waals surface area contributed by atoms with Crippen molar-refractivity contribution in [1.29, 1.82) is 0 Å². The first-order valence-corrected chi connectivity index (χ1v) is 46.1. The van der Waals surface area contributed by atoms with Crippen molar-refractivity contribution in [2.75, 3.05) is 0 Å². The lowest BCUT2D eigenvalue weighted by atomic mass is 9.81. The largest absolute Gasteiger partial charge is 0.208 e. The van der Waals surface area contributed by atoms with Gasteiger partial charge in [0.1, 0.15) is 0 Å². The highest BCUT2D eigenvalue weighted by molar-refractivity contribution is 5.90. The standard InChI is InChI=1S/3C42H31N3/c1-42(2)37-22-10-9-21-35(37)36-27-33(23-24-38(36)42)31-18-11-17-30(25-31)32-19-12-20-34(26-32)41-44-39(28-13-5-3-6-14-28)43-40(45-41)29-15-7-4-8-16-29;1-42(2)37-19-10-9-18-35(37)36-27-33(24-25-38(36)42)29-22-20-28(21-23-29)32-16-11-17-34(26-32)41-44-39(30-12-5-3-6-13-30)43-40(45-41)31-14-7-4-8-15-31;1-42(2)37-19-10-9-18-35(37)36-25-24-33(27-38(36)42)29-22-20-28(21-23-29)32-16-11-17-34(26-32)41-44-39(30-12-5-3-6-13-30)43-40(45-41)31-14-7-4-8-15-31/h3*3-27H,1-2H3. The lowest BCUT2D eigenvalue weighted by Crippen LogP contribution is -2.14. The maximum atomic E-state index is 4.94. The van der Waals surface area contributed by atoms with Crippen LogP contribution in [0.2, 0.25) is 0 Å². The van der Waals surface area contributed by atoms with Gasteiger partial charge in [0.15, 0.2) is 52.4 Å². The van der Waals surface area contributed by atoms with Crippen LogP contribution in [-0.4, -0.2) is 44.9 Å². The summed E-state index contributed by atoms with van der Waals surface area (Å²) in [5.41, 5.74) is 39.1. The van der Waals surface area contributed by atoms with Crippen LogP contribution in [0.4, 0.5) is 0 Å². The number of rotatable bonds is 15.